The van der Waals surface area contributed by atoms with E-state index >= 15 is 0 Å². The molecule has 2 unspecified atom stereocenters. The predicted molar refractivity (Wildman–Crippen MR) is 453 cm³/mol. The van der Waals surface area contributed by atoms with Crippen LogP contribution in [0.1, 0.15) is 74.2 Å². The fraction of sp³-hybridized carbons (Fsp3) is 0.671. The number of nitrogens with two attached hydrogens (primary N) is 1. The highest BCUT2D eigenvalue weighted by Gasteiger charge is 2.50. The van der Waals surface area contributed by atoms with Crippen molar-refractivity contribution >= 4 is 80.3 Å². The summed E-state index contributed by atoms with van der Waals surface area (Å²) in [5.74, 6) is -2.59. The zero-order valence-corrected chi connectivity index (χ0v) is 74.3. The summed E-state index contributed by atoms with van der Waals surface area (Å²) in [6.45, 7) is 14.7. The summed E-state index contributed by atoms with van der Waals surface area (Å²) in [7, 11) is -0.450. The summed E-state index contributed by atoms with van der Waals surface area (Å²) in [4.78, 5) is 101. The lowest BCUT2D eigenvalue weighted by Crippen LogP contribution is -2.53. The molecule has 0 radical (unpaired) electrons. The van der Waals surface area contributed by atoms with E-state index < -0.39 is 87.6 Å². The van der Waals surface area contributed by atoms with Crippen LogP contribution in [-0.4, -0.2) is 338 Å². The van der Waals surface area contributed by atoms with Crippen LogP contribution in [0.4, 0.5) is 16.4 Å². The molecule has 2 aromatic carbocycles. The van der Waals surface area contributed by atoms with Crippen molar-refractivity contribution in [3.63, 3.8) is 0 Å². The number of carbonyl (C=O) groups is 5. The number of aliphatic hydroxyl groups is 1. The molecule has 46 heteroatoms. The Labute approximate surface area is 732 Å². The van der Waals surface area contributed by atoms with Crippen LogP contribution in [0, 0.1) is 11.8 Å². The first-order chi connectivity index (χ1) is 60.8. The highest BCUT2D eigenvalue weighted by Crippen LogP contribution is 2.57. The number of imidazole rings is 1. The quantitative estimate of drug-likeness (QED) is 0.0156. The van der Waals surface area contributed by atoms with Crippen molar-refractivity contribution in [2.24, 2.45) is 17.6 Å². The molecule has 5 aromatic rings. The van der Waals surface area contributed by atoms with Crippen molar-refractivity contribution in [3.05, 3.63) is 100 Å². The average Bonchev–Trinajstić information content (AvgIpc) is 1.61. The van der Waals surface area contributed by atoms with Crippen molar-refractivity contribution < 1.29 is 142 Å². The number of rotatable bonds is 72. The van der Waals surface area contributed by atoms with E-state index in [-0.39, 0.29) is 86.6 Å². The van der Waals surface area contributed by atoms with E-state index in [1.807, 2.05) is 0 Å². The van der Waals surface area contributed by atoms with Crippen LogP contribution >= 0.6 is 27.7 Å². The number of aromatic nitrogens is 6. The first-order valence-corrected chi connectivity index (χ1v) is 45.1. The van der Waals surface area contributed by atoms with Crippen LogP contribution in [0.15, 0.2) is 78.2 Å². The maximum atomic E-state index is 14.0. The standard InChI is InChI=1S/C79H124N12O31P2S/c1-57(2)67(86-65(92)16-19-101-21-23-103-25-27-105-29-31-107-33-35-109-37-39-111-41-43-113-45-47-115-49-50-116-48-46-114-44-42-112-40-38-110-36-34-108-32-30-106-28-26-104-24-22-102-20-17-80)74(96)84-58(3)72(94)85-62-12-9-59(10-13-62)53-117-79(98)90(4)52-61-7-5-6-8-64(61)73(95)88-78-87-71-68(75(97)89-78)83-56-91(71)76-70(69(93)77(120-76)121-123-99)122-124(100,125)118-54-60-11-14-63(51-60)119-66-15-18-81-55-82-66/h5-10,12-13,15,18,55-58,60,63,67,69-70,76-77,93H,11,14,16-17,19-54,80,123H2,1-4H3,(H,84,96)(H,85,94)(H,86,92)(H,100,125)(H2,87,88,89,95,97)/t58-,60+,63-,67-,69-,70+,76+,77+,124?/m0/s1. The number of hydrogen-bond donors (Lipinski definition) is 8. The molecule has 10 atom stereocenters. The summed E-state index contributed by atoms with van der Waals surface area (Å²) in [6, 6.07) is 12.5. The van der Waals surface area contributed by atoms with Crippen molar-refractivity contribution in [1.29, 1.82) is 0 Å². The Balaban J connectivity index is 0.645. The Morgan fingerprint density at radius 1 is 0.656 bits per heavy atom. The fourth-order valence-corrected chi connectivity index (χ4v) is 13.7. The predicted octanol–water partition coefficient (Wildman–Crippen LogP) is 3.72. The molecule has 3 aromatic heterocycles. The smallest absolute Gasteiger partial charge is 0.410 e. The van der Waals surface area contributed by atoms with E-state index in [9.17, 15) is 43.0 Å². The van der Waals surface area contributed by atoms with Crippen LogP contribution in [0.25, 0.3) is 11.2 Å². The first-order valence-electron chi connectivity index (χ1n) is 41.5. The summed E-state index contributed by atoms with van der Waals surface area (Å²) in [6.07, 6.45) is -1.30. The topological polar surface area (TPSA) is 510 Å². The molecule has 0 bridgehead atoms. The van der Waals surface area contributed by atoms with Gasteiger partial charge in [-0.2, -0.15) is 4.98 Å². The SMILES string of the molecule is CC(C)[C@H](NC(=O)CCOCCOCCOCCOCCOCCOCCOCCOCCOCCOCCOCCOCCOCCOCCOCCOCCN)C(=O)N[C@@H](C)C(=O)Nc1ccc(COC(=O)N(C)Cc2ccccc2C(=O)Nc2nc3c(ncn3[C@@H]3O[C@H](O[PH2]=O)[C@@H](O)[C@H]3OP(=O)(S)OC[C@@H]3CC[C@H](Oc4ccncn4)C3)c(=O)[nH]2)cc1. The number of ether oxygens (including phenoxy) is 19. The number of carbonyl (C=O) groups excluding carboxylic acids is 5. The number of nitrogens with zero attached hydrogens (tertiary/aromatic N) is 6. The Morgan fingerprint density at radius 3 is 1.65 bits per heavy atom. The second-order valence-corrected chi connectivity index (χ2v) is 31.6. The van der Waals surface area contributed by atoms with Gasteiger partial charge in [0.25, 0.3) is 11.5 Å². The van der Waals surface area contributed by atoms with Crippen molar-refractivity contribution in [2.45, 2.75) is 103 Å². The monoisotopic (exact) mass is 1830 g/mol. The third-order valence-corrected chi connectivity index (χ3v) is 20.3. The van der Waals surface area contributed by atoms with Crippen molar-refractivity contribution in [3.8, 4) is 5.88 Å². The van der Waals surface area contributed by atoms with Gasteiger partial charge in [0, 0.05) is 50.1 Å². The Bertz CT molecular complexity index is 3960. The number of benzene rings is 2. The van der Waals surface area contributed by atoms with Gasteiger partial charge in [0.05, 0.1) is 224 Å². The summed E-state index contributed by atoms with van der Waals surface area (Å²) >= 11 is 4.20. The second kappa shape index (κ2) is 62.9. The van der Waals surface area contributed by atoms with E-state index in [0.29, 0.717) is 240 Å². The van der Waals surface area contributed by atoms with E-state index in [0.717, 1.165) is 6.33 Å². The van der Waals surface area contributed by atoms with Gasteiger partial charge in [0.1, 0.15) is 43.3 Å². The molecule has 125 heavy (non-hydrogen) atoms. The van der Waals surface area contributed by atoms with E-state index in [4.69, 9.17) is 109 Å². The lowest BCUT2D eigenvalue weighted by molar-refractivity contribution is -0.132. The molecule has 1 aliphatic carbocycles. The molecular formula is C79H124N12O31P2S. The summed E-state index contributed by atoms with van der Waals surface area (Å²) < 4.78 is 149. The van der Waals surface area contributed by atoms with Crippen molar-refractivity contribution in [1.82, 2.24) is 45.0 Å². The first kappa shape index (κ1) is 105. The lowest BCUT2D eigenvalue weighted by Gasteiger charge is -2.25. The van der Waals surface area contributed by atoms with Gasteiger partial charge in [0.2, 0.25) is 29.5 Å². The van der Waals surface area contributed by atoms with Crippen molar-refractivity contribution in [2.75, 3.05) is 242 Å². The molecule has 2 fully saturated rings. The van der Waals surface area contributed by atoms with E-state index in [1.54, 1.807) is 68.6 Å². The molecule has 4 heterocycles. The number of H-pyrrole nitrogens is 1. The van der Waals surface area contributed by atoms with Crippen LogP contribution in [0.5, 0.6) is 5.88 Å². The van der Waals surface area contributed by atoms with Crippen LogP contribution in [0.2, 0.25) is 0 Å². The zero-order chi connectivity index (χ0) is 89.3. The highest BCUT2D eigenvalue weighted by molar-refractivity contribution is 8.44. The van der Waals surface area contributed by atoms with Crippen LogP contribution in [-0.2, 0) is 136 Å². The number of anilines is 2. The van der Waals surface area contributed by atoms with Gasteiger partial charge >= 0.3 is 12.9 Å². The maximum absolute atomic E-state index is 14.0. The number of amides is 5. The Morgan fingerprint density at radius 2 is 1.16 bits per heavy atom. The lowest BCUT2D eigenvalue weighted by atomic mass is 10.0. The van der Waals surface area contributed by atoms with Gasteiger partial charge in [-0.05, 0) is 67.3 Å². The number of nitrogens with one attached hydrogen (secondary N) is 5. The number of aromatic amines is 1. The molecule has 1 saturated heterocycles. The number of fused-ring (bicyclic) bond motifs is 1. The average molecular weight is 1830 g/mol. The Kier molecular flexibility index (Phi) is 52.7. The Hall–Kier alpha value is -7.25. The minimum atomic E-state index is -4.29. The van der Waals surface area contributed by atoms with E-state index in [2.05, 4.69) is 58.4 Å². The third-order valence-electron chi connectivity index (χ3n) is 18.3. The van der Waals surface area contributed by atoms with Crippen LogP contribution < -0.4 is 37.3 Å². The molecule has 8 N–H and O–H groups in total. The number of hydrogen-bond acceptors (Lipinski definition) is 36. The minimum Gasteiger partial charge on any atom is -0.474 e. The second-order valence-electron chi connectivity index (χ2n) is 28.2. The molecule has 1 aliphatic heterocycles. The van der Waals surface area contributed by atoms with Gasteiger partial charge < -0.3 is 126 Å². The van der Waals surface area contributed by atoms with Gasteiger partial charge in [-0.1, -0.05) is 56.4 Å². The third kappa shape index (κ3) is 42.7. The van der Waals surface area contributed by atoms with Gasteiger partial charge in [-0.15, -0.1) is 0 Å². The normalized spacial score (nSPS) is 17.4. The molecule has 1 saturated carbocycles. The summed E-state index contributed by atoms with van der Waals surface area (Å²) in [5.41, 5.74) is 5.57. The highest BCUT2D eigenvalue weighted by atomic mass is 32.7. The molecule has 5 amide bonds. The molecular weight excluding hydrogens is 1710 g/mol. The van der Waals surface area contributed by atoms with E-state index in [1.165, 1.54) is 35.8 Å². The molecule has 43 nitrogen and oxygen atoms in total. The number of aliphatic hydroxyl groups excluding tert-OH is 1. The minimum absolute atomic E-state index is 0.0176. The van der Waals surface area contributed by atoms with Gasteiger partial charge in [-0.25, -0.2) is 24.3 Å². The summed E-state index contributed by atoms with van der Waals surface area (Å²) in [5, 5.41) is 22.0. The molecule has 2 aliphatic rings. The van der Waals surface area contributed by atoms with Crippen LogP contribution in [0.3, 0.4) is 0 Å². The zero-order valence-electron chi connectivity index (χ0n) is 71.3. The largest absolute Gasteiger partial charge is 0.474 e. The number of thiol groups is 1. The molecule has 7 rings (SSSR count). The molecule has 702 valence electrons. The maximum Gasteiger partial charge on any atom is 0.410 e. The van der Waals surface area contributed by atoms with Gasteiger partial charge in [0.15, 0.2) is 32.4 Å². The van der Waals surface area contributed by atoms with Gasteiger partial charge in [-0.3, -0.25) is 52.5 Å². The molecule has 0 spiro atoms. The fourth-order valence-electron chi connectivity index (χ4n) is 11.8.